The fourth-order valence-electron chi connectivity index (χ4n) is 1.79. The smallest absolute Gasteiger partial charge is 0.175 e. The molecule has 19 heavy (non-hydrogen) atoms. The van der Waals surface area contributed by atoms with E-state index in [2.05, 4.69) is 27.3 Å². The lowest BCUT2D eigenvalue weighted by atomic mass is 10.2. The van der Waals surface area contributed by atoms with Crippen LogP contribution in [0.25, 0.3) is 0 Å². The van der Waals surface area contributed by atoms with E-state index in [1.807, 2.05) is 13.0 Å². The van der Waals surface area contributed by atoms with Crippen LogP contribution in [0, 0.1) is 0 Å². The summed E-state index contributed by atoms with van der Waals surface area (Å²) < 4.78 is 11.9. The fourth-order valence-corrected chi connectivity index (χ4v) is 2.39. The third kappa shape index (κ3) is 5.38. The Hall–Kier alpha value is -0.780. The van der Waals surface area contributed by atoms with Gasteiger partial charge in [-0.15, -0.1) is 0 Å². The average molecular weight is 331 g/mol. The van der Waals surface area contributed by atoms with Crippen molar-refractivity contribution in [2.45, 2.75) is 26.3 Å². The predicted octanol–water partition coefficient (Wildman–Crippen LogP) is 2.68. The molecule has 0 radical (unpaired) electrons. The standard InChI is InChI=1S/C14H23BrN2O2/c1-3-19-14-12(15)8-11(9-13(14)18-2)10-17-7-5-4-6-16/h8-9,17H,3-7,10,16H2,1-2H3. The van der Waals surface area contributed by atoms with Crippen LogP contribution in [0.2, 0.25) is 0 Å². The van der Waals surface area contributed by atoms with Gasteiger partial charge in [0.25, 0.3) is 0 Å². The molecule has 0 heterocycles. The van der Waals surface area contributed by atoms with E-state index < -0.39 is 0 Å². The van der Waals surface area contributed by atoms with Crippen LogP contribution in [0.1, 0.15) is 25.3 Å². The monoisotopic (exact) mass is 330 g/mol. The minimum Gasteiger partial charge on any atom is -0.493 e. The van der Waals surface area contributed by atoms with Gasteiger partial charge in [0.2, 0.25) is 0 Å². The van der Waals surface area contributed by atoms with Crippen molar-refractivity contribution in [3.8, 4) is 11.5 Å². The van der Waals surface area contributed by atoms with Crippen LogP contribution in [0.5, 0.6) is 11.5 Å². The van der Waals surface area contributed by atoms with Gasteiger partial charge in [0, 0.05) is 6.54 Å². The summed E-state index contributed by atoms with van der Waals surface area (Å²) in [6.07, 6.45) is 2.16. The van der Waals surface area contributed by atoms with E-state index >= 15 is 0 Å². The Morgan fingerprint density at radius 2 is 2.11 bits per heavy atom. The van der Waals surface area contributed by atoms with Crippen LogP contribution in [0.3, 0.4) is 0 Å². The minimum atomic E-state index is 0.617. The molecule has 0 bridgehead atoms. The van der Waals surface area contributed by atoms with Crippen LogP contribution in [0.4, 0.5) is 0 Å². The van der Waals surface area contributed by atoms with E-state index in [4.69, 9.17) is 15.2 Å². The van der Waals surface area contributed by atoms with Crippen molar-refractivity contribution in [2.75, 3.05) is 26.8 Å². The first-order valence-corrected chi connectivity index (χ1v) is 7.42. The van der Waals surface area contributed by atoms with Gasteiger partial charge in [0.15, 0.2) is 11.5 Å². The Morgan fingerprint density at radius 1 is 1.32 bits per heavy atom. The molecule has 0 aliphatic heterocycles. The van der Waals surface area contributed by atoms with Gasteiger partial charge in [0.1, 0.15) is 0 Å². The van der Waals surface area contributed by atoms with Gasteiger partial charge >= 0.3 is 0 Å². The zero-order chi connectivity index (χ0) is 14.1. The first-order chi connectivity index (χ1) is 9.22. The van der Waals surface area contributed by atoms with Crippen molar-refractivity contribution >= 4 is 15.9 Å². The van der Waals surface area contributed by atoms with Crippen molar-refractivity contribution in [3.63, 3.8) is 0 Å². The first kappa shape index (κ1) is 16.3. The van der Waals surface area contributed by atoms with Crippen molar-refractivity contribution in [3.05, 3.63) is 22.2 Å². The molecule has 4 nitrogen and oxygen atoms in total. The molecule has 3 N–H and O–H groups in total. The largest absolute Gasteiger partial charge is 0.493 e. The molecule has 0 atom stereocenters. The summed E-state index contributed by atoms with van der Waals surface area (Å²) in [5.74, 6) is 1.52. The number of unbranched alkanes of at least 4 members (excludes halogenated alkanes) is 1. The molecule has 0 aromatic heterocycles. The summed E-state index contributed by atoms with van der Waals surface area (Å²) in [5.41, 5.74) is 6.63. The van der Waals surface area contributed by atoms with Gasteiger partial charge < -0.3 is 20.5 Å². The third-order valence-electron chi connectivity index (χ3n) is 2.71. The van der Waals surface area contributed by atoms with Crippen molar-refractivity contribution in [1.82, 2.24) is 5.32 Å². The molecular formula is C14H23BrN2O2. The maximum absolute atomic E-state index is 5.57. The van der Waals surface area contributed by atoms with Gasteiger partial charge in [0.05, 0.1) is 18.2 Å². The van der Waals surface area contributed by atoms with E-state index in [0.717, 1.165) is 48.4 Å². The van der Waals surface area contributed by atoms with E-state index in [1.54, 1.807) is 7.11 Å². The maximum Gasteiger partial charge on any atom is 0.175 e. The number of hydrogen-bond acceptors (Lipinski definition) is 4. The summed E-state index contributed by atoms with van der Waals surface area (Å²) in [7, 11) is 1.66. The third-order valence-corrected chi connectivity index (χ3v) is 3.30. The summed E-state index contributed by atoms with van der Waals surface area (Å²) in [6.45, 7) is 5.12. The molecule has 108 valence electrons. The van der Waals surface area contributed by atoms with E-state index in [9.17, 15) is 0 Å². The minimum absolute atomic E-state index is 0.617. The number of rotatable bonds is 9. The van der Waals surface area contributed by atoms with Crippen molar-refractivity contribution in [2.24, 2.45) is 5.73 Å². The number of hydrogen-bond donors (Lipinski definition) is 2. The summed E-state index contributed by atoms with van der Waals surface area (Å²) in [6, 6.07) is 4.06. The zero-order valence-corrected chi connectivity index (χ0v) is 13.3. The molecule has 0 spiro atoms. The van der Waals surface area contributed by atoms with Crippen LogP contribution >= 0.6 is 15.9 Å². The van der Waals surface area contributed by atoms with Crippen LogP contribution in [-0.2, 0) is 6.54 Å². The Morgan fingerprint density at radius 3 is 2.74 bits per heavy atom. The number of methoxy groups -OCH3 is 1. The van der Waals surface area contributed by atoms with E-state index in [-0.39, 0.29) is 0 Å². The molecule has 5 heteroatoms. The molecule has 0 amide bonds. The SMILES string of the molecule is CCOc1c(Br)cc(CNCCCCN)cc1OC. The van der Waals surface area contributed by atoms with Crippen molar-refractivity contribution < 1.29 is 9.47 Å². The van der Waals surface area contributed by atoms with E-state index in [1.165, 1.54) is 5.56 Å². The highest BCUT2D eigenvalue weighted by molar-refractivity contribution is 9.10. The normalized spacial score (nSPS) is 10.5. The molecule has 0 aliphatic carbocycles. The lowest BCUT2D eigenvalue weighted by Gasteiger charge is -2.13. The topological polar surface area (TPSA) is 56.5 Å². The summed E-state index contributed by atoms with van der Waals surface area (Å²) >= 11 is 3.52. The highest BCUT2D eigenvalue weighted by atomic mass is 79.9. The van der Waals surface area contributed by atoms with E-state index in [0.29, 0.717) is 6.61 Å². The second-order valence-electron chi connectivity index (χ2n) is 4.21. The molecule has 0 fully saturated rings. The number of nitrogens with two attached hydrogens (primary N) is 1. The maximum atomic E-state index is 5.57. The molecular weight excluding hydrogens is 308 g/mol. The van der Waals surface area contributed by atoms with Gasteiger partial charge in [-0.3, -0.25) is 0 Å². The molecule has 0 unspecified atom stereocenters. The van der Waals surface area contributed by atoms with Gasteiger partial charge in [-0.05, 0) is 66.5 Å². The Balaban J connectivity index is 2.62. The predicted molar refractivity (Wildman–Crippen MR) is 81.9 cm³/mol. The Kier molecular flexibility index (Phi) is 7.86. The highest BCUT2D eigenvalue weighted by Crippen LogP contribution is 2.36. The lowest BCUT2D eigenvalue weighted by Crippen LogP contribution is -2.16. The van der Waals surface area contributed by atoms with Gasteiger partial charge in [-0.25, -0.2) is 0 Å². The van der Waals surface area contributed by atoms with Crippen LogP contribution < -0.4 is 20.5 Å². The quantitative estimate of drug-likeness (QED) is 0.683. The highest BCUT2D eigenvalue weighted by Gasteiger charge is 2.10. The second kappa shape index (κ2) is 9.18. The summed E-state index contributed by atoms with van der Waals surface area (Å²) in [4.78, 5) is 0. The zero-order valence-electron chi connectivity index (χ0n) is 11.7. The number of ether oxygens (including phenoxy) is 2. The average Bonchev–Trinajstić information content (AvgIpc) is 2.41. The van der Waals surface area contributed by atoms with Gasteiger partial charge in [-0.1, -0.05) is 0 Å². The van der Waals surface area contributed by atoms with Crippen LogP contribution in [-0.4, -0.2) is 26.8 Å². The number of halogens is 1. The molecule has 0 aliphatic rings. The lowest BCUT2D eigenvalue weighted by molar-refractivity contribution is 0.308. The molecule has 1 aromatic carbocycles. The molecule has 0 saturated heterocycles. The second-order valence-corrected chi connectivity index (χ2v) is 5.07. The molecule has 1 aromatic rings. The van der Waals surface area contributed by atoms with Gasteiger partial charge in [-0.2, -0.15) is 0 Å². The number of benzene rings is 1. The Bertz CT molecular complexity index is 386. The fraction of sp³-hybridized carbons (Fsp3) is 0.571. The first-order valence-electron chi connectivity index (χ1n) is 6.62. The molecule has 1 rings (SSSR count). The summed E-state index contributed by atoms with van der Waals surface area (Å²) in [5, 5.41) is 3.39. The molecule has 0 saturated carbocycles. The number of nitrogens with one attached hydrogen (secondary N) is 1. The van der Waals surface area contributed by atoms with Crippen molar-refractivity contribution in [1.29, 1.82) is 0 Å². The Labute approximate surface area is 123 Å². The van der Waals surface area contributed by atoms with Crippen LogP contribution in [0.15, 0.2) is 16.6 Å².